The van der Waals surface area contributed by atoms with Gasteiger partial charge in [0.25, 0.3) is 0 Å². The first-order valence-electron chi connectivity index (χ1n) is 6.63. The molecule has 2 aromatic rings. The number of benzene rings is 1. The average molecular weight is 298 g/mol. The molecule has 0 bridgehead atoms. The molecule has 0 N–H and O–H groups in total. The zero-order valence-electron chi connectivity index (χ0n) is 12.0. The Balaban J connectivity index is 2.51. The minimum atomic E-state index is -0.908. The molecule has 0 saturated heterocycles. The van der Waals surface area contributed by atoms with Crippen LogP contribution in [0.15, 0.2) is 16.9 Å². The number of ether oxygens (including phenoxy) is 1. The molecule has 0 aliphatic rings. The van der Waals surface area contributed by atoms with Crippen molar-refractivity contribution in [2.24, 2.45) is 0 Å². The molecule has 0 unspecified atom stereocenters. The minimum absolute atomic E-state index is 0.140. The van der Waals surface area contributed by atoms with Crippen molar-refractivity contribution in [1.29, 1.82) is 0 Å². The van der Waals surface area contributed by atoms with E-state index in [-0.39, 0.29) is 17.5 Å². The second-order valence-corrected chi connectivity index (χ2v) is 4.80. The summed E-state index contributed by atoms with van der Waals surface area (Å²) in [6.45, 7) is 5.67. The van der Waals surface area contributed by atoms with Gasteiger partial charge in [0, 0.05) is 18.7 Å². The summed E-state index contributed by atoms with van der Waals surface area (Å²) in [6.07, 6.45) is 0.400. The number of halogens is 2. The first kappa shape index (κ1) is 15.1. The zero-order valence-corrected chi connectivity index (χ0v) is 12.0. The van der Waals surface area contributed by atoms with Crippen LogP contribution in [0.25, 0.3) is 5.69 Å². The Morgan fingerprint density at radius 1 is 1.24 bits per heavy atom. The summed E-state index contributed by atoms with van der Waals surface area (Å²) < 4.78 is 34.7. The predicted octanol–water partition coefficient (Wildman–Crippen LogP) is 1.90. The fraction of sp³-hybridized carbons (Fsp3) is 0.462. The quantitative estimate of drug-likeness (QED) is 0.846. The fourth-order valence-electron chi connectivity index (χ4n) is 1.80. The molecular weight excluding hydrogens is 282 g/mol. The highest BCUT2D eigenvalue weighted by molar-refractivity contribution is 5.40. The third-order valence-electron chi connectivity index (χ3n) is 2.67. The van der Waals surface area contributed by atoms with E-state index in [1.54, 1.807) is 13.8 Å². The molecule has 8 heteroatoms. The standard InChI is InChI=1S/C13H16F2N4O2/c1-4-5-18-13(20)19(17-16-18)11-7-12(21-8(2)3)10(15)6-9(11)14/h6-8H,4-5H2,1-3H3. The summed E-state index contributed by atoms with van der Waals surface area (Å²) in [5.41, 5.74) is -0.780. The van der Waals surface area contributed by atoms with Crippen LogP contribution in [0.1, 0.15) is 27.2 Å². The van der Waals surface area contributed by atoms with E-state index in [2.05, 4.69) is 10.4 Å². The van der Waals surface area contributed by atoms with Crippen LogP contribution < -0.4 is 10.4 Å². The topological polar surface area (TPSA) is 61.9 Å². The largest absolute Gasteiger partial charge is 0.488 e. The summed E-state index contributed by atoms with van der Waals surface area (Å²) >= 11 is 0. The number of aromatic nitrogens is 4. The number of aryl methyl sites for hydroxylation is 1. The van der Waals surface area contributed by atoms with E-state index < -0.39 is 17.3 Å². The summed E-state index contributed by atoms with van der Waals surface area (Å²) in [4.78, 5) is 12.0. The van der Waals surface area contributed by atoms with Gasteiger partial charge in [-0.1, -0.05) is 6.92 Å². The van der Waals surface area contributed by atoms with Crippen molar-refractivity contribution in [3.63, 3.8) is 0 Å². The number of tetrazole rings is 1. The van der Waals surface area contributed by atoms with E-state index in [1.807, 2.05) is 6.92 Å². The second kappa shape index (κ2) is 6.02. The predicted molar refractivity (Wildman–Crippen MR) is 71.6 cm³/mol. The van der Waals surface area contributed by atoms with E-state index in [0.717, 1.165) is 15.4 Å². The zero-order chi connectivity index (χ0) is 15.6. The molecule has 0 aliphatic heterocycles. The van der Waals surface area contributed by atoms with Crippen molar-refractivity contribution in [1.82, 2.24) is 19.8 Å². The Morgan fingerprint density at radius 2 is 1.95 bits per heavy atom. The number of hydrogen-bond acceptors (Lipinski definition) is 4. The van der Waals surface area contributed by atoms with Gasteiger partial charge in [-0.05, 0) is 30.7 Å². The lowest BCUT2D eigenvalue weighted by molar-refractivity contribution is 0.230. The highest BCUT2D eigenvalue weighted by Gasteiger charge is 2.17. The Kier molecular flexibility index (Phi) is 4.35. The monoisotopic (exact) mass is 298 g/mol. The van der Waals surface area contributed by atoms with Gasteiger partial charge < -0.3 is 4.74 Å². The Labute approximate surface area is 119 Å². The van der Waals surface area contributed by atoms with Gasteiger partial charge >= 0.3 is 5.69 Å². The van der Waals surface area contributed by atoms with Crippen LogP contribution in [-0.2, 0) is 6.54 Å². The molecule has 0 fully saturated rings. The SMILES string of the molecule is CCCn1nnn(-c2cc(OC(C)C)c(F)cc2F)c1=O. The van der Waals surface area contributed by atoms with Crippen molar-refractivity contribution in [3.8, 4) is 11.4 Å². The Bertz CT molecular complexity index is 694. The Hall–Kier alpha value is -2.25. The van der Waals surface area contributed by atoms with Crippen LogP contribution in [0.4, 0.5) is 8.78 Å². The number of rotatable bonds is 5. The molecule has 1 heterocycles. The Morgan fingerprint density at radius 3 is 2.57 bits per heavy atom. The molecule has 1 aromatic heterocycles. The molecule has 1 aromatic carbocycles. The third-order valence-corrected chi connectivity index (χ3v) is 2.67. The van der Waals surface area contributed by atoms with Gasteiger partial charge in [0.05, 0.1) is 6.10 Å². The number of hydrogen-bond donors (Lipinski definition) is 0. The maximum atomic E-state index is 13.9. The van der Waals surface area contributed by atoms with Gasteiger partial charge in [0.2, 0.25) is 0 Å². The van der Waals surface area contributed by atoms with Gasteiger partial charge in [0.15, 0.2) is 17.4 Å². The molecule has 0 saturated carbocycles. The van der Waals surface area contributed by atoms with Crippen LogP contribution in [-0.4, -0.2) is 25.9 Å². The molecule has 114 valence electrons. The molecule has 0 atom stereocenters. The van der Waals surface area contributed by atoms with E-state index in [9.17, 15) is 13.6 Å². The molecule has 0 aliphatic carbocycles. The molecule has 0 radical (unpaired) electrons. The van der Waals surface area contributed by atoms with Gasteiger partial charge in [-0.2, -0.15) is 9.36 Å². The molecule has 6 nitrogen and oxygen atoms in total. The van der Waals surface area contributed by atoms with Crippen molar-refractivity contribution < 1.29 is 13.5 Å². The van der Waals surface area contributed by atoms with Gasteiger partial charge in [-0.25, -0.2) is 13.6 Å². The summed E-state index contributed by atoms with van der Waals surface area (Å²) in [5, 5.41) is 7.27. The van der Waals surface area contributed by atoms with Gasteiger partial charge in [-0.3, -0.25) is 0 Å². The highest BCUT2D eigenvalue weighted by atomic mass is 19.1. The van der Waals surface area contributed by atoms with Crippen molar-refractivity contribution in [2.45, 2.75) is 39.8 Å². The van der Waals surface area contributed by atoms with Crippen molar-refractivity contribution in [2.75, 3.05) is 0 Å². The lowest BCUT2D eigenvalue weighted by Crippen LogP contribution is -2.25. The summed E-state index contributed by atoms with van der Waals surface area (Å²) in [6, 6.07) is 1.77. The smallest absolute Gasteiger partial charge is 0.368 e. The van der Waals surface area contributed by atoms with Crippen LogP contribution in [0.2, 0.25) is 0 Å². The molecule has 21 heavy (non-hydrogen) atoms. The summed E-state index contributed by atoms with van der Waals surface area (Å²) in [5.74, 6) is -1.88. The fourth-order valence-corrected chi connectivity index (χ4v) is 1.80. The normalized spacial score (nSPS) is 11.1. The maximum Gasteiger partial charge on any atom is 0.368 e. The van der Waals surface area contributed by atoms with Gasteiger partial charge in [0.1, 0.15) is 5.69 Å². The molecular formula is C13H16F2N4O2. The maximum absolute atomic E-state index is 13.9. The van der Waals surface area contributed by atoms with Crippen LogP contribution in [0.3, 0.4) is 0 Å². The molecule has 0 spiro atoms. The van der Waals surface area contributed by atoms with Crippen LogP contribution in [0, 0.1) is 11.6 Å². The summed E-state index contributed by atoms with van der Waals surface area (Å²) in [7, 11) is 0. The van der Waals surface area contributed by atoms with E-state index in [0.29, 0.717) is 19.0 Å². The van der Waals surface area contributed by atoms with Gasteiger partial charge in [-0.15, -0.1) is 0 Å². The average Bonchev–Trinajstić information content (AvgIpc) is 2.75. The minimum Gasteiger partial charge on any atom is -0.488 e. The van der Waals surface area contributed by atoms with E-state index in [4.69, 9.17) is 4.74 Å². The molecule has 2 rings (SSSR count). The first-order chi connectivity index (χ1) is 9.93. The van der Waals surface area contributed by atoms with E-state index in [1.165, 1.54) is 0 Å². The van der Waals surface area contributed by atoms with Crippen molar-refractivity contribution in [3.05, 3.63) is 34.3 Å². The highest BCUT2D eigenvalue weighted by Crippen LogP contribution is 2.24. The second-order valence-electron chi connectivity index (χ2n) is 4.80. The molecule has 0 amide bonds. The first-order valence-corrected chi connectivity index (χ1v) is 6.63. The lowest BCUT2D eigenvalue weighted by Gasteiger charge is -2.12. The number of nitrogens with zero attached hydrogens (tertiary/aromatic N) is 4. The van der Waals surface area contributed by atoms with Crippen molar-refractivity contribution >= 4 is 0 Å². The van der Waals surface area contributed by atoms with E-state index >= 15 is 0 Å². The third kappa shape index (κ3) is 3.09. The van der Waals surface area contributed by atoms with Crippen LogP contribution >= 0.6 is 0 Å². The lowest BCUT2D eigenvalue weighted by atomic mass is 10.2. The van der Waals surface area contributed by atoms with Crippen LogP contribution in [0.5, 0.6) is 5.75 Å².